The van der Waals surface area contributed by atoms with Crippen LogP contribution in [0.4, 0.5) is 13.2 Å². The molecule has 1 aromatic heterocycles. The fourth-order valence-corrected chi connectivity index (χ4v) is 2.47. The van der Waals surface area contributed by atoms with Gasteiger partial charge in [-0.1, -0.05) is 24.3 Å². The third-order valence-corrected chi connectivity index (χ3v) is 3.50. The number of aliphatic hydroxyl groups is 1. The Morgan fingerprint density at radius 2 is 1.76 bits per heavy atom. The highest BCUT2D eigenvalue weighted by atomic mass is 32.1. The first-order chi connectivity index (χ1) is 8.02. The fraction of sp³-hybridized carbons (Fsp3) is 0.167. The van der Waals surface area contributed by atoms with Crippen LogP contribution in [0.25, 0.3) is 10.4 Å². The van der Waals surface area contributed by atoms with E-state index in [1.54, 1.807) is 24.3 Å². The second-order valence-corrected chi connectivity index (χ2v) is 4.56. The SMILES string of the molecule is OCc1ccccc1-c1ccc(C(F)(F)F)s1. The number of hydrogen-bond donors (Lipinski definition) is 1. The van der Waals surface area contributed by atoms with E-state index >= 15 is 0 Å². The topological polar surface area (TPSA) is 20.2 Å². The van der Waals surface area contributed by atoms with E-state index in [1.165, 1.54) is 6.07 Å². The molecule has 0 radical (unpaired) electrons. The summed E-state index contributed by atoms with van der Waals surface area (Å²) in [6.07, 6.45) is -4.31. The Morgan fingerprint density at radius 3 is 2.35 bits per heavy atom. The number of alkyl halides is 3. The number of aliphatic hydroxyl groups excluding tert-OH is 1. The molecule has 0 fully saturated rings. The van der Waals surface area contributed by atoms with Crippen LogP contribution in [-0.2, 0) is 12.8 Å². The molecule has 0 spiro atoms. The van der Waals surface area contributed by atoms with Crippen LogP contribution in [0.5, 0.6) is 0 Å². The first-order valence-electron chi connectivity index (χ1n) is 4.88. The minimum Gasteiger partial charge on any atom is -0.392 e. The minimum absolute atomic E-state index is 0.185. The smallest absolute Gasteiger partial charge is 0.392 e. The summed E-state index contributed by atoms with van der Waals surface area (Å²) in [7, 11) is 0. The normalized spacial score (nSPS) is 11.8. The van der Waals surface area contributed by atoms with E-state index < -0.39 is 11.1 Å². The second-order valence-electron chi connectivity index (χ2n) is 3.48. The first-order valence-corrected chi connectivity index (χ1v) is 5.70. The number of benzene rings is 1. The van der Waals surface area contributed by atoms with Gasteiger partial charge in [-0.3, -0.25) is 0 Å². The van der Waals surface area contributed by atoms with Crippen molar-refractivity contribution in [1.29, 1.82) is 0 Å². The quantitative estimate of drug-likeness (QED) is 0.865. The molecule has 2 aromatic rings. The molecule has 0 saturated carbocycles. The van der Waals surface area contributed by atoms with Crippen molar-refractivity contribution in [3.8, 4) is 10.4 Å². The highest BCUT2D eigenvalue weighted by Crippen LogP contribution is 2.39. The van der Waals surface area contributed by atoms with Gasteiger partial charge in [0, 0.05) is 4.88 Å². The van der Waals surface area contributed by atoms with Crippen molar-refractivity contribution in [3.63, 3.8) is 0 Å². The van der Waals surface area contributed by atoms with Gasteiger partial charge >= 0.3 is 6.18 Å². The van der Waals surface area contributed by atoms with Crippen LogP contribution in [0.3, 0.4) is 0 Å². The Morgan fingerprint density at radius 1 is 1.06 bits per heavy atom. The van der Waals surface area contributed by atoms with E-state index in [2.05, 4.69) is 0 Å². The minimum atomic E-state index is -4.31. The molecule has 0 aliphatic rings. The molecule has 0 atom stereocenters. The van der Waals surface area contributed by atoms with Crippen molar-refractivity contribution < 1.29 is 18.3 Å². The number of hydrogen-bond acceptors (Lipinski definition) is 2. The molecule has 0 bridgehead atoms. The standard InChI is InChI=1S/C12H9F3OS/c13-12(14,15)11-6-5-10(17-11)9-4-2-1-3-8(9)7-16/h1-6,16H,7H2. The van der Waals surface area contributed by atoms with Gasteiger partial charge in [-0.2, -0.15) is 13.2 Å². The zero-order valence-electron chi connectivity index (χ0n) is 8.66. The molecule has 17 heavy (non-hydrogen) atoms. The van der Waals surface area contributed by atoms with E-state index in [0.717, 1.165) is 6.07 Å². The lowest BCUT2D eigenvalue weighted by molar-refractivity contribution is -0.134. The summed E-state index contributed by atoms with van der Waals surface area (Å²) in [4.78, 5) is -0.109. The van der Waals surface area contributed by atoms with Gasteiger partial charge in [0.1, 0.15) is 4.88 Å². The van der Waals surface area contributed by atoms with Gasteiger partial charge in [-0.05, 0) is 23.3 Å². The molecule has 0 saturated heterocycles. The van der Waals surface area contributed by atoms with E-state index in [-0.39, 0.29) is 6.61 Å². The monoisotopic (exact) mass is 258 g/mol. The Labute approximate surface area is 100 Å². The average Bonchev–Trinajstić information content (AvgIpc) is 2.77. The zero-order chi connectivity index (χ0) is 12.5. The van der Waals surface area contributed by atoms with Crippen LogP contribution >= 0.6 is 11.3 Å². The molecule has 1 aromatic carbocycles. The molecular formula is C12H9F3OS. The predicted octanol–water partition coefficient (Wildman–Crippen LogP) is 3.93. The Kier molecular flexibility index (Phi) is 3.22. The van der Waals surface area contributed by atoms with Crippen molar-refractivity contribution >= 4 is 11.3 Å². The highest BCUT2D eigenvalue weighted by molar-refractivity contribution is 7.15. The van der Waals surface area contributed by atoms with E-state index in [1.807, 2.05) is 0 Å². The van der Waals surface area contributed by atoms with Crippen LogP contribution in [-0.4, -0.2) is 5.11 Å². The van der Waals surface area contributed by atoms with Gasteiger partial charge < -0.3 is 5.11 Å². The number of halogens is 3. The maximum atomic E-state index is 12.5. The summed E-state index contributed by atoms with van der Waals surface area (Å²) in [6.45, 7) is -0.185. The summed E-state index contributed by atoms with van der Waals surface area (Å²) >= 11 is 0.686. The van der Waals surface area contributed by atoms with Crippen molar-refractivity contribution in [2.24, 2.45) is 0 Å². The second kappa shape index (κ2) is 4.50. The molecule has 0 unspecified atom stereocenters. The molecule has 1 heterocycles. The number of rotatable bonds is 2. The van der Waals surface area contributed by atoms with E-state index in [9.17, 15) is 13.2 Å². The van der Waals surface area contributed by atoms with Gasteiger partial charge in [-0.15, -0.1) is 11.3 Å². The molecule has 2 rings (SSSR count). The molecule has 5 heteroatoms. The number of thiophene rings is 1. The van der Waals surface area contributed by atoms with Gasteiger partial charge in [0.15, 0.2) is 0 Å². The van der Waals surface area contributed by atoms with Crippen LogP contribution in [0.15, 0.2) is 36.4 Å². The molecule has 1 nitrogen and oxygen atoms in total. The Balaban J connectivity index is 2.44. The summed E-state index contributed by atoms with van der Waals surface area (Å²) in [6, 6.07) is 9.38. The summed E-state index contributed by atoms with van der Waals surface area (Å²) in [5, 5.41) is 9.13. The summed E-state index contributed by atoms with van der Waals surface area (Å²) in [5.41, 5.74) is 1.28. The summed E-state index contributed by atoms with van der Waals surface area (Å²) in [5.74, 6) is 0. The predicted molar refractivity (Wildman–Crippen MR) is 60.7 cm³/mol. The van der Waals surface area contributed by atoms with Crippen molar-refractivity contribution in [2.45, 2.75) is 12.8 Å². The maximum absolute atomic E-state index is 12.5. The first kappa shape index (κ1) is 12.1. The van der Waals surface area contributed by atoms with Crippen molar-refractivity contribution in [1.82, 2.24) is 0 Å². The molecule has 0 amide bonds. The van der Waals surface area contributed by atoms with Gasteiger partial charge in [0.25, 0.3) is 0 Å². The highest BCUT2D eigenvalue weighted by Gasteiger charge is 2.32. The van der Waals surface area contributed by atoms with E-state index in [4.69, 9.17) is 5.11 Å². The van der Waals surface area contributed by atoms with Gasteiger partial charge in [0.2, 0.25) is 0 Å². The fourth-order valence-electron chi connectivity index (χ4n) is 1.53. The molecular weight excluding hydrogens is 249 g/mol. The molecule has 90 valence electrons. The van der Waals surface area contributed by atoms with Crippen LogP contribution in [0.1, 0.15) is 10.4 Å². The molecule has 0 aliphatic carbocycles. The lowest BCUT2D eigenvalue weighted by Crippen LogP contribution is -2.00. The van der Waals surface area contributed by atoms with E-state index in [0.29, 0.717) is 27.3 Å². The largest absolute Gasteiger partial charge is 0.425 e. The zero-order valence-corrected chi connectivity index (χ0v) is 9.48. The third-order valence-electron chi connectivity index (χ3n) is 2.34. The van der Waals surface area contributed by atoms with Crippen LogP contribution in [0.2, 0.25) is 0 Å². The average molecular weight is 258 g/mol. The van der Waals surface area contributed by atoms with Crippen molar-refractivity contribution in [2.75, 3.05) is 0 Å². The molecule has 1 N–H and O–H groups in total. The van der Waals surface area contributed by atoms with Crippen LogP contribution < -0.4 is 0 Å². The Bertz CT molecular complexity index is 516. The van der Waals surface area contributed by atoms with Gasteiger partial charge in [-0.25, -0.2) is 0 Å². The third kappa shape index (κ3) is 2.50. The lowest BCUT2D eigenvalue weighted by atomic mass is 10.1. The van der Waals surface area contributed by atoms with Crippen LogP contribution in [0, 0.1) is 0 Å². The molecule has 0 aliphatic heterocycles. The summed E-state index contributed by atoms with van der Waals surface area (Å²) < 4.78 is 37.4. The van der Waals surface area contributed by atoms with Crippen molar-refractivity contribution in [3.05, 3.63) is 46.8 Å². The Hall–Kier alpha value is -1.33. The lowest BCUT2D eigenvalue weighted by Gasteiger charge is -2.04. The maximum Gasteiger partial charge on any atom is 0.425 e. The van der Waals surface area contributed by atoms with Gasteiger partial charge in [0.05, 0.1) is 6.61 Å².